The molecule has 6 nitrogen and oxygen atoms in total. The average Bonchev–Trinajstić information content (AvgIpc) is 2.89. The van der Waals surface area contributed by atoms with Crippen LogP contribution < -0.4 is 14.4 Å². The van der Waals surface area contributed by atoms with Gasteiger partial charge in [-0.05, 0) is 55.7 Å². The second-order valence-corrected chi connectivity index (χ2v) is 9.23. The Labute approximate surface area is 167 Å². The summed E-state index contributed by atoms with van der Waals surface area (Å²) in [6.45, 7) is 5.22. The second kappa shape index (κ2) is 7.16. The SMILES string of the molecule is COc1ccc(C)cc1NS(=O)(=O)c1cc(Br)cc2c1N(C(C)=O)[C@@H](C)C2. The number of sulfonamides is 1. The van der Waals surface area contributed by atoms with E-state index in [4.69, 9.17) is 4.74 Å². The molecule has 1 aliphatic rings. The van der Waals surface area contributed by atoms with Gasteiger partial charge in [-0.2, -0.15) is 0 Å². The van der Waals surface area contributed by atoms with Crippen molar-refractivity contribution >= 4 is 43.2 Å². The summed E-state index contributed by atoms with van der Waals surface area (Å²) in [4.78, 5) is 13.8. The van der Waals surface area contributed by atoms with Gasteiger partial charge in [0.2, 0.25) is 5.91 Å². The Morgan fingerprint density at radius 1 is 1.30 bits per heavy atom. The highest BCUT2D eigenvalue weighted by atomic mass is 79.9. The van der Waals surface area contributed by atoms with Crippen LogP contribution in [0.1, 0.15) is 25.0 Å². The quantitative estimate of drug-likeness (QED) is 0.763. The Hall–Kier alpha value is -2.06. The fraction of sp³-hybridized carbons (Fsp3) is 0.316. The van der Waals surface area contributed by atoms with Crippen LogP contribution >= 0.6 is 15.9 Å². The molecule has 0 spiro atoms. The van der Waals surface area contributed by atoms with Gasteiger partial charge < -0.3 is 9.64 Å². The van der Waals surface area contributed by atoms with Gasteiger partial charge >= 0.3 is 0 Å². The number of hydrogen-bond acceptors (Lipinski definition) is 4. The van der Waals surface area contributed by atoms with Crippen LogP contribution in [-0.4, -0.2) is 27.5 Å². The van der Waals surface area contributed by atoms with Gasteiger partial charge in [-0.15, -0.1) is 0 Å². The number of nitrogens with one attached hydrogen (secondary N) is 1. The van der Waals surface area contributed by atoms with Crippen molar-refractivity contribution in [1.82, 2.24) is 0 Å². The molecule has 1 amide bonds. The number of amides is 1. The molecule has 1 atom stereocenters. The van der Waals surface area contributed by atoms with Gasteiger partial charge in [0.15, 0.2) is 0 Å². The molecule has 1 aliphatic heterocycles. The maximum absolute atomic E-state index is 13.2. The van der Waals surface area contributed by atoms with E-state index in [9.17, 15) is 13.2 Å². The molecule has 27 heavy (non-hydrogen) atoms. The van der Waals surface area contributed by atoms with Crippen molar-refractivity contribution in [1.29, 1.82) is 0 Å². The molecule has 1 N–H and O–H groups in total. The number of hydrogen-bond donors (Lipinski definition) is 1. The molecule has 0 saturated carbocycles. The van der Waals surface area contributed by atoms with Gasteiger partial charge in [-0.3, -0.25) is 9.52 Å². The maximum atomic E-state index is 13.2. The van der Waals surface area contributed by atoms with Gasteiger partial charge in [-0.25, -0.2) is 8.42 Å². The summed E-state index contributed by atoms with van der Waals surface area (Å²) in [5.74, 6) is 0.237. The van der Waals surface area contributed by atoms with Crippen LogP contribution in [-0.2, 0) is 21.2 Å². The van der Waals surface area contributed by atoms with E-state index in [1.807, 2.05) is 26.0 Å². The average molecular weight is 453 g/mol. The summed E-state index contributed by atoms with van der Waals surface area (Å²) in [5.41, 5.74) is 2.51. The fourth-order valence-corrected chi connectivity index (χ4v) is 5.44. The van der Waals surface area contributed by atoms with Gasteiger partial charge in [0.05, 0.1) is 18.5 Å². The first-order chi connectivity index (χ1) is 12.6. The summed E-state index contributed by atoms with van der Waals surface area (Å²) < 4.78 is 35.0. The van der Waals surface area contributed by atoms with E-state index in [0.717, 1.165) is 11.1 Å². The highest BCUT2D eigenvalue weighted by Crippen LogP contribution is 2.41. The van der Waals surface area contributed by atoms with Crippen molar-refractivity contribution in [3.63, 3.8) is 0 Å². The van der Waals surface area contributed by atoms with Crippen LogP contribution in [0.2, 0.25) is 0 Å². The minimum atomic E-state index is -3.95. The van der Waals surface area contributed by atoms with Crippen LogP contribution in [0.5, 0.6) is 5.75 Å². The zero-order chi connectivity index (χ0) is 19.9. The predicted molar refractivity (Wildman–Crippen MR) is 109 cm³/mol. The second-order valence-electron chi connectivity index (χ2n) is 6.66. The number of fused-ring (bicyclic) bond motifs is 1. The van der Waals surface area contributed by atoms with Crippen molar-refractivity contribution in [2.24, 2.45) is 0 Å². The maximum Gasteiger partial charge on any atom is 0.264 e. The minimum Gasteiger partial charge on any atom is -0.495 e. The number of carbonyl (C=O) groups is 1. The molecule has 0 bridgehead atoms. The van der Waals surface area contributed by atoms with E-state index in [-0.39, 0.29) is 16.8 Å². The standard InChI is InChI=1S/C19H21BrN2O4S/c1-11-5-6-17(26-4)16(7-11)21-27(24,25)18-10-15(20)9-14-8-12(2)22(13(3)23)19(14)18/h5-7,9-10,12,21H,8H2,1-4H3/t12-/m0/s1. The number of benzene rings is 2. The van der Waals surface area contributed by atoms with Gasteiger partial charge in [-0.1, -0.05) is 22.0 Å². The molecule has 1 heterocycles. The number of carbonyl (C=O) groups excluding carboxylic acids is 1. The van der Waals surface area contributed by atoms with Crippen LogP contribution in [0.25, 0.3) is 0 Å². The molecule has 0 aromatic heterocycles. The molecule has 2 aromatic carbocycles. The van der Waals surface area contributed by atoms with Crippen molar-refractivity contribution in [3.8, 4) is 5.75 Å². The highest BCUT2D eigenvalue weighted by Gasteiger charge is 2.35. The lowest BCUT2D eigenvalue weighted by Gasteiger charge is -2.23. The van der Waals surface area contributed by atoms with E-state index in [2.05, 4.69) is 20.7 Å². The number of nitrogens with zero attached hydrogens (tertiary/aromatic N) is 1. The largest absolute Gasteiger partial charge is 0.495 e. The topological polar surface area (TPSA) is 75.7 Å². The number of rotatable bonds is 4. The minimum absolute atomic E-state index is 0.0648. The lowest BCUT2D eigenvalue weighted by Crippen LogP contribution is -2.34. The van der Waals surface area contributed by atoms with Crippen molar-refractivity contribution in [2.75, 3.05) is 16.7 Å². The molecule has 0 aliphatic carbocycles. The first kappa shape index (κ1) is 19.7. The molecule has 2 aromatic rings. The number of ether oxygens (including phenoxy) is 1. The molecule has 0 radical (unpaired) electrons. The van der Waals surface area contributed by atoms with E-state index in [1.54, 1.807) is 17.0 Å². The molecule has 0 unspecified atom stereocenters. The van der Waals surface area contributed by atoms with Crippen molar-refractivity contribution in [2.45, 2.75) is 38.1 Å². The Morgan fingerprint density at radius 2 is 2.00 bits per heavy atom. The predicted octanol–water partition coefficient (Wildman–Crippen LogP) is 3.86. The van der Waals surface area contributed by atoms with E-state index in [0.29, 0.717) is 28.0 Å². The Morgan fingerprint density at radius 3 is 2.63 bits per heavy atom. The number of aryl methyl sites for hydroxylation is 1. The van der Waals surface area contributed by atoms with Crippen LogP contribution in [0.3, 0.4) is 0 Å². The number of halogens is 1. The lowest BCUT2D eigenvalue weighted by molar-refractivity contribution is -0.116. The Bertz CT molecular complexity index is 1020. The molecular weight excluding hydrogens is 432 g/mol. The molecular formula is C19H21BrN2O4S. The normalized spacial score (nSPS) is 16.2. The zero-order valence-electron chi connectivity index (χ0n) is 15.5. The Kier molecular flexibility index (Phi) is 5.22. The summed E-state index contributed by atoms with van der Waals surface area (Å²) in [7, 11) is -2.47. The number of methoxy groups -OCH3 is 1. The van der Waals surface area contributed by atoms with Crippen molar-refractivity contribution < 1.29 is 17.9 Å². The fourth-order valence-electron chi connectivity index (χ4n) is 3.46. The van der Waals surface area contributed by atoms with Gasteiger partial charge in [0.1, 0.15) is 10.6 Å². The Balaban J connectivity index is 2.14. The lowest BCUT2D eigenvalue weighted by atomic mass is 10.1. The summed E-state index contributed by atoms with van der Waals surface area (Å²) in [5, 5.41) is 0. The van der Waals surface area contributed by atoms with Crippen LogP contribution in [0.15, 0.2) is 39.7 Å². The summed E-state index contributed by atoms with van der Waals surface area (Å²) in [6.07, 6.45) is 0.602. The smallest absolute Gasteiger partial charge is 0.264 e. The van der Waals surface area contributed by atoms with Gasteiger partial charge in [0.25, 0.3) is 10.0 Å². The van der Waals surface area contributed by atoms with Gasteiger partial charge in [0, 0.05) is 17.4 Å². The van der Waals surface area contributed by atoms with E-state index >= 15 is 0 Å². The molecule has 0 saturated heterocycles. The monoisotopic (exact) mass is 452 g/mol. The van der Waals surface area contributed by atoms with Crippen LogP contribution in [0.4, 0.5) is 11.4 Å². The molecule has 0 fully saturated rings. The summed E-state index contributed by atoms with van der Waals surface area (Å²) in [6, 6.07) is 8.54. The third kappa shape index (κ3) is 3.68. The highest BCUT2D eigenvalue weighted by molar-refractivity contribution is 9.10. The molecule has 3 rings (SSSR count). The van der Waals surface area contributed by atoms with E-state index in [1.165, 1.54) is 20.1 Å². The first-order valence-electron chi connectivity index (χ1n) is 8.43. The molecule has 144 valence electrons. The third-order valence-electron chi connectivity index (χ3n) is 4.54. The first-order valence-corrected chi connectivity index (χ1v) is 10.7. The van der Waals surface area contributed by atoms with Crippen molar-refractivity contribution in [3.05, 3.63) is 45.9 Å². The molecule has 8 heteroatoms. The third-order valence-corrected chi connectivity index (χ3v) is 6.38. The van der Waals surface area contributed by atoms with E-state index < -0.39 is 10.0 Å². The zero-order valence-corrected chi connectivity index (χ0v) is 17.9. The van der Waals surface area contributed by atoms with Crippen LogP contribution in [0, 0.1) is 6.92 Å². The number of anilines is 2. The summed E-state index contributed by atoms with van der Waals surface area (Å²) >= 11 is 3.39.